The molecule has 0 saturated heterocycles. The van der Waals surface area contributed by atoms with Crippen molar-refractivity contribution in [3.05, 3.63) is 40.7 Å². The summed E-state index contributed by atoms with van der Waals surface area (Å²) in [4.78, 5) is 12.2. The van der Waals surface area contributed by atoms with E-state index in [1.165, 1.54) is 6.92 Å². The molecule has 8 heteroatoms. The minimum atomic E-state index is -4.81. The van der Waals surface area contributed by atoms with Crippen molar-refractivity contribution in [2.45, 2.75) is 31.4 Å². The van der Waals surface area contributed by atoms with E-state index >= 15 is 0 Å². The highest BCUT2D eigenvalue weighted by atomic mass is 35.5. The third-order valence-corrected chi connectivity index (χ3v) is 4.85. The van der Waals surface area contributed by atoms with Crippen LogP contribution in [0.1, 0.15) is 28.9 Å². The number of anilines is 1. The highest BCUT2D eigenvalue weighted by Crippen LogP contribution is 2.30. The first-order valence-corrected chi connectivity index (χ1v) is 8.74. The topological polar surface area (TPSA) is 72.5 Å². The van der Waals surface area contributed by atoms with Crippen molar-refractivity contribution in [2.75, 3.05) is 11.3 Å². The highest BCUT2D eigenvalue weighted by molar-refractivity contribution is 7.93. The molecular weight excluding hydrogens is 345 g/mol. The van der Waals surface area contributed by atoms with E-state index < -0.39 is 32.6 Å². The number of nitrogens with one attached hydrogen (secondary N) is 1. The van der Waals surface area contributed by atoms with Crippen LogP contribution in [-0.2, 0) is 19.6 Å². The number of esters is 1. The Balaban J connectivity index is 2.57. The van der Waals surface area contributed by atoms with E-state index in [-0.39, 0.29) is 47.3 Å². The fourth-order valence-corrected chi connectivity index (χ4v) is 3.68. The molecule has 1 aromatic rings. The zero-order valence-electron chi connectivity index (χ0n) is 15.3. The summed E-state index contributed by atoms with van der Waals surface area (Å²) in [6.45, 7) is 1.46. The molecule has 0 amide bonds. The Morgan fingerprint density at radius 3 is 3.04 bits per heavy atom. The average molecular weight is 365 g/mol. The number of sulfonamides is 1. The zero-order chi connectivity index (χ0) is 19.7. The highest BCUT2D eigenvalue weighted by Gasteiger charge is 2.35. The van der Waals surface area contributed by atoms with E-state index in [0.717, 1.165) is 18.2 Å². The summed E-state index contributed by atoms with van der Waals surface area (Å²) in [5.41, 5.74) is -0.971. The number of carbonyl (C=O) groups is 1. The van der Waals surface area contributed by atoms with Gasteiger partial charge in [0.05, 0.1) is 25.6 Å². The third-order valence-electron chi connectivity index (χ3n) is 3.08. The van der Waals surface area contributed by atoms with Crippen LogP contribution in [0.3, 0.4) is 0 Å². The summed E-state index contributed by atoms with van der Waals surface area (Å²) < 4.78 is 68.3. The minimum Gasteiger partial charge on any atom is -0.463 e. The lowest BCUT2D eigenvalue weighted by Gasteiger charge is -2.24. The Bertz CT molecular complexity index is 864. The number of carbonyl (C=O) groups excluding carboxylic acids is 1. The summed E-state index contributed by atoms with van der Waals surface area (Å²) >= 11 is 5.82. The second-order valence-electron chi connectivity index (χ2n) is 4.71. The van der Waals surface area contributed by atoms with Crippen LogP contribution in [0.5, 0.6) is 0 Å². The van der Waals surface area contributed by atoms with Crippen LogP contribution in [0.4, 0.5) is 10.1 Å². The standard InChI is InChI=1S/C15H17ClFNO4S/c1-2-22-15(19)11-5-3-4-6-14(11)23(20,21)18-13-8-7-10(17)9-12(13)16/h5,7-9,14,18H,2-4,6H2,1H3/t14-/m1/s1/i5D,14D/hD. The Morgan fingerprint density at radius 2 is 2.39 bits per heavy atom. The molecule has 1 N–H and O–H groups in total. The van der Waals surface area contributed by atoms with Crippen molar-refractivity contribution in [2.24, 2.45) is 0 Å². The fraction of sp³-hybridized carbons (Fsp3) is 0.400. The van der Waals surface area contributed by atoms with Gasteiger partial charge >= 0.3 is 5.97 Å². The van der Waals surface area contributed by atoms with E-state index in [9.17, 15) is 17.6 Å². The molecule has 23 heavy (non-hydrogen) atoms. The van der Waals surface area contributed by atoms with Crippen LogP contribution in [0.25, 0.3) is 0 Å². The van der Waals surface area contributed by atoms with Gasteiger partial charge in [0.25, 0.3) is 0 Å². The molecule has 0 fully saturated rings. The van der Waals surface area contributed by atoms with Gasteiger partial charge in [0.1, 0.15) is 11.0 Å². The number of rotatable bonds is 5. The molecule has 1 aliphatic carbocycles. The number of hydrogen-bond donors (Lipinski definition) is 1. The number of benzene rings is 1. The van der Waals surface area contributed by atoms with Gasteiger partial charge in [0, 0.05) is 0 Å². The van der Waals surface area contributed by atoms with Crippen molar-refractivity contribution >= 4 is 33.3 Å². The molecule has 0 unspecified atom stereocenters. The molecule has 1 aliphatic rings. The van der Waals surface area contributed by atoms with Gasteiger partial charge in [-0.1, -0.05) is 17.7 Å². The summed E-state index contributed by atoms with van der Waals surface area (Å²) in [6.07, 6.45) is 0.00904. The maximum absolute atomic E-state index is 13.2. The Kier molecular flexibility index (Phi) is 4.39. The van der Waals surface area contributed by atoms with Gasteiger partial charge in [-0.15, -0.1) is 0 Å². The monoisotopic (exact) mass is 364 g/mol. The normalized spacial score (nSPS) is 23.7. The molecule has 0 aromatic heterocycles. The molecule has 0 spiro atoms. The van der Waals surface area contributed by atoms with Crippen LogP contribution >= 0.6 is 11.6 Å². The number of ether oxygens (including phenoxy) is 1. The SMILES string of the molecule is [2H]C1=C(C(=O)OCC)[C@]([2H])(S(=O)(=O)N([2H])c2ccc(F)cc2Cl)CCC1. The number of allylic oxidation sites excluding steroid dienone is 1. The van der Waals surface area contributed by atoms with E-state index in [4.69, 9.17) is 20.5 Å². The number of halogens is 2. The molecule has 0 radical (unpaired) electrons. The summed E-state index contributed by atoms with van der Waals surface area (Å²) in [7, 11) is -4.81. The molecule has 0 saturated carbocycles. The predicted molar refractivity (Wildman–Crippen MR) is 86.3 cm³/mol. The summed E-state index contributed by atoms with van der Waals surface area (Å²) in [6, 6.07) is 2.44. The average Bonchev–Trinajstić information content (AvgIpc) is 2.54. The van der Waals surface area contributed by atoms with Crippen molar-refractivity contribution in [3.8, 4) is 0 Å². The largest absolute Gasteiger partial charge is 0.463 e. The zero-order valence-corrected chi connectivity index (χ0v) is 13.9. The molecule has 0 aliphatic heterocycles. The van der Waals surface area contributed by atoms with Gasteiger partial charge < -0.3 is 4.74 Å². The smallest absolute Gasteiger partial charge is 0.335 e. The maximum atomic E-state index is 13.2. The fourth-order valence-electron chi connectivity index (χ4n) is 2.07. The molecule has 2 rings (SSSR count). The van der Waals surface area contributed by atoms with Crippen molar-refractivity contribution < 1.29 is 26.5 Å². The van der Waals surface area contributed by atoms with Crippen molar-refractivity contribution in [1.82, 2.24) is 0 Å². The second-order valence-corrected chi connectivity index (χ2v) is 6.74. The molecular formula is C15H17ClFNO4S. The lowest BCUT2D eigenvalue weighted by Crippen LogP contribution is -2.34. The van der Waals surface area contributed by atoms with Gasteiger partial charge in [0.15, 0.2) is 1.41 Å². The molecule has 1 aromatic carbocycles. The summed E-state index contributed by atoms with van der Waals surface area (Å²) in [5.74, 6) is -1.79. The van der Waals surface area contributed by atoms with Crippen LogP contribution < -0.4 is 4.72 Å². The van der Waals surface area contributed by atoms with Crippen LogP contribution in [0.15, 0.2) is 29.8 Å². The van der Waals surface area contributed by atoms with Gasteiger partial charge in [-0.25, -0.2) is 17.6 Å². The first kappa shape index (κ1) is 13.8. The lowest BCUT2D eigenvalue weighted by molar-refractivity contribution is -0.138. The van der Waals surface area contributed by atoms with Crippen LogP contribution in [0.2, 0.25) is 6.43 Å². The Hall–Kier alpha value is -1.60. The maximum Gasteiger partial charge on any atom is 0.335 e. The van der Waals surface area contributed by atoms with Crippen LogP contribution in [-0.4, -0.2) is 26.2 Å². The van der Waals surface area contributed by atoms with Gasteiger partial charge in [-0.05, 0) is 44.4 Å². The first-order valence-electron chi connectivity index (χ1n) is 8.37. The van der Waals surface area contributed by atoms with Gasteiger partial charge in [0.2, 0.25) is 10.0 Å². The molecule has 0 heterocycles. The molecule has 1 atom stereocenters. The molecule has 0 bridgehead atoms. The van der Waals surface area contributed by atoms with E-state index in [2.05, 4.69) is 0 Å². The van der Waals surface area contributed by atoms with Gasteiger partial charge in [-0.3, -0.25) is 4.72 Å². The lowest BCUT2D eigenvalue weighted by atomic mass is 9.99. The third kappa shape index (κ3) is 4.23. The molecule has 5 nitrogen and oxygen atoms in total. The van der Waals surface area contributed by atoms with E-state index in [1.807, 2.05) is 0 Å². The quantitative estimate of drug-likeness (QED) is 0.814. The Morgan fingerprint density at radius 1 is 1.65 bits per heavy atom. The van der Waals surface area contributed by atoms with Crippen molar-refractivity contribution in [3.63, 3.8) is 0 Å². The molecule has 126 valence electrons. The Labute approximate surface area is 143 Å². The predicted octanol–water partition coefficient (Wildman–Crippen LogP) is 3.26. The second kappa shape index (κ2) is 7.31. The van der Waals surface area contributed by atoms with Crippen molar-refractivity contribution in [1.29, 1.82) is 0 Å². The van der Waals surface area contributed by atoms with Gasteiger partial charge in [-0.2, -0.15) is 0 Å². The minimum absolute atomic E-state index is 0.000398. The van der Waals surface area contributed by atoms with E-state index in [1.54, 1.807) is 0 Å². The first-order chi connectivity index (χ1) is 12.1. The summed E-state index contributed by atoms with van der Waals surface area (Å²) in [5, 5.41) is -2.91. The number of hydrogen-bond acceptors (Lipinski definition) is 4. The van der Waals surface area contributed by atoms with E-state index in [0.29, 0.717) is 0 Å². The van der Waals surface area contributed by atoms with Crippen LogP contribution in [0, 0.1) is 5.82 Å².